The minimum absolute atomic E-state index is 0.00451. The van der Waals surface area contributed by atoms with E-state index in [2.05, 4.69) is 0 Å². The van der Waals surface area contributed by atoms with Crippen LogP contribution in [0.3, 0.4) is 0 Å². The summed E-state index contributed by atoms with van der Waals surface area (Å²) in [6.07, 6.45) is 0. The molecule has 0 bridgehead atoms. The van der Waals surface area contributed by atoms with Crippen LogP contribution in [-0.2, 0) is 4.79 Å². The summed E-state index contributed by atoms with van der Waals surface area (Å²) in [5.74, 6) is -5.21. The molecule has 1 aromatic rings. The number of carbonyl (C=O) groups is 2. The van der Waals surface area contributed by atoms with Gasteiger partial charge in [-0.15, -0.1) is 0 Å². The van der Waals surface area contributed by atoms with Gasteiger partial charge in [0.25, 0.3) is 0 Å². The highest BCUT2D eigenvalue weighted by molar-refractivity contribution is 5.93. The second-order valence-corrected chi connectivity index (χ2v) is 4.79. The Morgan fingerprint density at radius 2 is 1.86 bits per heavy atom. The molecule has 0 spiro atoms. The number of likely N-dealkylation sites (N-methyl/N-ethyl adjacent to an activating group) is 1. The Hall–Kier alpha value is -2.25. The van der Waals surface area contributed by atoms with Crippen molar-refractivity contribution in [2.24, 2.45) is 0 Å². The van der Waals surface area contributed by atoms with E-state index >= 15 is 0 Å². The lowest BCUT2D eigenvalue weighted by Gasteiger charge is -2.34. The number of halogens is 3. The van der Waals surface area contributed by atoms with Crippen molar-refractivity contribution in [3.63, 3.8) is 0 Å². The Labute approximate surface area is 119 Å². The van der Waals surface area contributed by atoms with Gasteiger partial charge in [-0.3, -0.25) is 0 Å². The van der Waals surface area contributed by atoms with Gasteiger partial charge < -0.3 is 15.3 Å². The molecule has 0 saturated carbocycles. The standard InChI is InChI=1S/C13H15F3N2O3/c1-4-18(13(2,3)11(19)20)12(21)17-9-6-7(14)5-8(15)10(9)16/h5-6H,4H2,1-3H3,(H,17,21)(H,19,20). The van der Waals surface area contributed by atoms with Crippen LogP contribution in [0, 0.1) is 17.5 Å². The minimum atomic E-state index is -1.57. The zero-order valence-corrected chi connectivity index (χ0v) is 11.7. The van der Waals surface area contributed by atoms with Crippen LogP contribution >= 0.6 is 0 Å². The number of amides is 2. The number of rotatable bonds is 4. The summed E-state index contributed by atoms with van der Waals surface area (Å²) in [4.78, 5) is 24.0. The Balaban J connectivity index is 3.07. The molecule has 0 aliphatic rings. The van der Waals surface area contributed by atoms with Gasteiger partial charge in [-0.25, -0.2) is 22.8 Å². The molecule has 0 aromatic heterocycles. The van der Waals surface area contributed by atoms with Crippen LogP contribution in [0.2, 0.25) is 0 Å². The average molecular weight is 304 g/mol. The van der Waals surface area contributed by atoms with E-state index in [1.54, 1.807) is 0 Å². The summed E-state index contributed by atoms with van der Waals surface area (Å²) >= 11 is 0. The minimum Gasteiger partial charge on any atom is -0.480 e. The molecule has 5 nitrogen and oxygen atoms in total. The molecule has 8 heteroatoms. The SMILES string of the molecule is CCN(C(=O)Nc1cc(F)cc(F)c1F)C(C)(C)C(=O)O. The molecule has 2 N–H and O–H groups in total. The molecule has 0 saturated heterocycles. The number of carboxylic acid groups (broad SMARTS) is 1. The molecule has 0 unspecified atom stereocenters. The number of urea groups is 1. The molecule has 0 aliphatic heterocycles. The molecule has 0 atom stereocenters. The monoisotopic (exact) mass is 304 g/mol. The summed E-state index contributed by atoms with van der Waals surface area (Å²) in [5, 5.41) is 11.1. The molecular formula is C13H15F3N2O3. The first-order valence-electron chi connectivity index (χ1n) is 6.07. The van der Waals surface area contributed by atoms with E-state index in [-0.39, 0.29) is 6.54 Å². The molecular weight excluding hydrogens is 289 g/mol. The Bertz CT molecular complexity index is 576. The van der Waals surface area contributed by atoms with Crippen molar-refractivity contribution < 1.29 is 27.9 Å². The fourth-order valence-corrected chi connectivity index (χ4v) is 1.74. The van der Waals surface area contributed by atoms with E-state index in [4.69, 9.17) is 5.11 Å². The summed E-state index contributed by atoms with van der Waals surface area (Å²) in [6, 6.07) is -0.0318. The van der Waals surface area contributed by atoms with Crippen molar-refractivity contribution in [2.75, 3.05) is 11.9 Å². The van der Waals surface area contributed by atoms with Crippen molar-refractivity contribution in [3.05, 3.63) is 29.6 Å². The van der Waals surface area contributed by atoms with Crippen LogP contribution in [0.15, 0.2) is 12.1 Å². The van der Waals surface area contributed by atoms with E-state index in [9.17, 15) is 22.8 Å². The molecule has 0 fully saturated rings. The number of carbonyl (C=O) groups excluding carboxylic acids is 1. The number of carboxylic acids is 1. The van der Waals surface area contributed by atoms with Gasteiger partial charge in [0.2, 0.25) is 0 Å². The fourth-order valence-electron chi connectivity index (χ4n) is 1.74. The van der Waals surface area contributed by atoms with Gasteiger partial charge in [-0.1, -0.05) is 0 Å². The van der Waals surface area contributed by atoms with Crippen LogP contribution in [0.4, 0.5) is 23.7 Å². The third kappa shape index (κ3) is 3.45. The number of nitrogens with one attached hydrogen (secondary N) is 1. The van der Waals surface area contributed by atoms with Crippen molar-refractivity contribution in [2.45, 2.75) is 26.3 Å². The van der Waals surface area contributed by atoms with Crippen LogP contribution in [0.5, 0.6) is 0 Å². The van der Waals surface area contributed by atoms with Crippen LogP contribution in [0.1, 0.15) is 20.8 Å². The quantitative estimate of drug-likeness (QED) is 0.840. The number of nitrogens with zero attached hydrogens (tertiary/aromatic N) is 1. The molecule has 0 radical (unpaired) electrons. The highest BCUT2D eigenvalue weighted by Crippen LogP contribution is 2.21. The maximum Gasteiger partial charge on any atom is 0.329 e. The molecule has 0 heterocycles. The lowest BCUT2D eigenvalue weighted by Crippen LogP contribution is -2.54. The maximum atomic E-state index is 13.5. The third-order valence-corrected chi connectivity index (χ3v) is 2.99. The van der Waals surface area contributed by atoms with E-state index in [0.717, 1.165) is 4.90 Å². The van der Waals surface area contributed by atoms with Gasteiger partial charge in [0.05, 0.1) is 5.69 Å². The van der Waals surface area contributed by atoms with Gasteiger partial charge in [0.15, 0.2) is 11.6 Å². The molecule has 1 aromatic carbocycles. The molecule has 21 heavy (non-hydrogen) atoms. The largest absolute Gasteiger partial charge is 0.480 e. The number of anilines is 1. The Morgan fingerprint density at radius 3 is 2.33 bits per heavy atom. The van der Waals surface area contributed by atoms with Crippen molar-refractivity contribution in [1.82, 2.24) is 4.90 Å². The van der Waals surface area contributed by atoms with Gasteiger partial charge >= 0.3 is 12.0 Å². The van der Waals surface area contributed by atoms with Crippen LogP contribution in [-0.4, -0.2) is 34.1 Å². The maximum absolute atomic E-state index is 13.5. The summed E-state index contributed by atoms with van der Waals surface area (Å²) < 4.78 is 39.6. The second-order valence-electron chi connectivity index (χ2n) is 4.79. The number of benzene rings is 1. The molecule has 1 rings (SSSR count). The molecule has 116 valence electrons. The average Bonchev–Trinajstić information content (AvgIpc) is 2.35. The normalized spacial score (nSPS) is 11.1. The van der Waals surface area contributed by atoms with E-state index in [0.29, 0.717) is 12.1 Å². The van der Waals surface area contributed by atoms with Crippen LogP contribution in [0.25, 0.3) is 0 Å². The fraction of sp³-hybridized carbons (Fsp3) is 0.385. The number of hydrogen-bond acceptors (Lipinski definition) is 2. The van der Waals surface area contributed by atoms with Gasteiger partial charge in [-0.05, 0) is 20.8 Å². The predicted molar refractivity (Wildman–Crippen MR) is 69.4 cm³/mol. The first-order valence-corrected chi connectivity index (χ1v) is 6.07. The lowest BCUT2D eigenvalue weighted by molar-refractivity contribution is -0.147. The Morgan fingerprint density at radius 1 is 1.29 bits per heavy atom. The smallest absolute Gasteiger partial charge is 0.329 e. The summed E-state index contributed by atoms with van der Waals surface area (Å²) in [6.45, 7) is 4.08. The van der Waals surface area contributed by atoms with Gasteiger partial charge in [0.1, 0.15) is 11.4 Å². The Kier molecular flexibility index (Phi) is 4.82. The number of hydrogen-bond donors (Lipinski definition) is 2. The second kappa shape index (κ2) is 6.02. The molecule has 2 amide bonds. The third-order valence-electron chi connectivity index (χ3n) is 2.99. The van der Waals surface area contributed by atoms with Gasteiger partial charge in [-0.2, -0.15) is 0 Å². The van der Waals surface area contributed by atoms with Crippen molar-refractivity contribution in [1.29, 1.82) is 0 Å². The summed E-state index contributed by atoms with van der Waals surface area (Å²) in [7, 11) is 0. The summed E-state index contributed by atoms with van der Waals surface area (Å²) in [5.41, 5.74) is -2.27. The topological polar surface area (TPSA) is 69.6 Å². The number of aliphatic carboxylic acids is 1. The van der Waals surface area contributed by atoms with E-state index < -0.39 is 40.7 Å². The van der Waals surface area contributed by atoms with E-state index in [1.807, 2.05) is 5.32 Å². The predicted octanol–water partition coefficient (Wildman–Crippen LogP) is 2.82. The molecule has 0 aliphatic carbocycles. The van der Waals surface area contributed by atoms with Crippen LogP contribution < -0.4 is 5.32 Å². The van der Waals surface area contributed by atoms with Crippen molar-refractivity contribution >= 4 is 17.7 Å². The van der Waals surface area contributed by atoms with E-state index in [1.165, 1.54) is 20.8 Å². The first kappa shape index (κ1) is 16.8. The first-order chi connectivity index (χ1) is 9.61. The highest BCUT2D eigenvalue weighted by atomic mass is 19.2. The zero-order valence-electron chi connectivity index (χ0n) is 11.7. The highest BCUT2D eigenvalue weighted by Gasteiger charge is 2.37. The lowest BCUT2D eigenvalue weighted by atomic mass is 10.0. The zero-order chi connectivity index (χ0) is 16.4. The van der Waals surface area contributed by atoms with Gasteiger partial charge in [0, 0.05) is 18.7 Å². The van der Waals surface area contributed by atoms with Crippen molar-refractivity contribution in [3.8, 4) is 0 Å².